The zero-order valence-electron chi connectivity index (χ0n) is 11.6. The monoisotopic (exact) mass is 299 g/mol. The average molecular weight is 300 g/mol. The van der Waals surface area contributed by atoms with E-state index in [2.05, 4.69) is 22.5 Å². The molecule has 5 nitrogen and oxygen atoms in total. The molecule has 2 heterocycles. The molecule has 3 N–H and O–H groups in total. The molecule has 0 bridgehead atoms. The van der Waals surface area contributed by atoms with Crippen molar-refractivity contribution in [3.8, 4) is 5.75 Å². The maximum Gasteiger partial charge on any atom is 0.225 e. The van der Waals surface area contributed by atoms with Gasteiger partial charge in [0.15, 0.2) is 11.6 Å². The Balaban J connectivity index is 0.00000200. The standard InChI is InChI=1S/C14H21N3O2.ClH/c1-10(11-4-7-15-8-5-11)9-13(19)17-14-12(18)3-2-6-16-14;/h2-3,6,10-11,15,18H,4-5,7-9H2,1H3,(H,16,17,19);1H. The summed E-state index contributed by atoms with van der Waals surface area (Å²) in [5.41, 5.74) is 0. The van der Waals surface area contributed by atoms with Crippen molar-refractivity contribution in [3.63, 3.8) is 0 Å². The summed E-state index contributed by atoms with van der Waals surface area (Å²) in [4.78, 5) is 15.9. The SMILES string of the molecule is CC(CC(=O)Nc1ncccc1O)C1CCNCC1.Cl. The molecule has 1 saturated heterocycles. The van der Waals surface area contributed by atoms with Crippen molar-refractivity contribution in [2.24, 2.45) is 11.8 Å². The number of rotatable bonds is 4. The Kier molecular flexibility index (Phi) is 6.75. The van der Waals surface area contributed by atoms with Gasteiger partial charge < -0.3 is 15.7 Å². The maximum atomic E-state index is 11.9. The number of hydrogen-bond acceptors (Lipinski definition) is 4. The van der Waals surface area contributed by atoms with Crippen LogP contribution in [-0.2, 0) is 4.79 Å². The van der Waals surface area contributed by atoms with Gasteiger partial charge in [0.1, 0.15) is 0 Å². The van der Waals surface area contributed by atoms with Gasteiger partial charge in [-0.15, -0.1) is 12.4 Å². The van der Waals surface area contributed by atoms with Crippen LogP contribution in [-0.4, -0.2) is 29.1 Å². The fourth-order valence-electron chi connectivity index (χ4n) is 2.55. The predicted molar refractivity (Wildman–Crippen MR) is 81.2 cm³/mol. The first-order valence-electron chi connectivity index (χ1n) is 6.81. The molecule has 6 heteroatoms. The van der Waals surface area contributed by atoms with Crippen molar-refractivity contribution in [3.05, 3.63) is 18.3 Å². The van der Waals surface area contributed by atoms with Crippen LogP contribution in [0, 0.1) is 11.8 Å². The van der Waals surface area contributed by atoms with E-state index < -0.39 is 0 Å². The third kappa shape index (κ3) is 4.65. The second-order valence-electron chi connectivity index (χ2n) is 5.19. The number of piperidine rings is 1. The maximum absolute atomic E-state index is 11.9. The molecule has 0 aliphatic carbocycles. The van der Waals surface area contributed by atoms with Crippen LogP contribution in [0.5, 0.6) is 5.75 Å². The van der Waals surface area contributed by atoms with Crippen LogP contribution in [0.4, 0.5) is 5.82 Å². The molecule has 1 atom stereocenters. The smallest absolute Gasteiger partial charge is 0.225 e. The fourth-order valence-corrected chi connectivity index (χ4v) is 2.55. The molecule has 1 unspecified atom stereocenters. The fraction of sp³-hybridized carbons (Fsp3) is 0.571. The molecule has 20 heavy (non-hydrogen) atoms. The van der Waals surface area contributed by atoms with Crippen LogP contribution >= 0.6 is 12.4 Å². The van der Waals surface area contributed by atoms with E-state index in [-0.39, 0.29) is 29.9 Å². The van der Waals surface area contributed by atoms with Crippen molar-refractivity contribution >= 4 is 24.1 Å². The number of nitrogens with zero attached hydrogens (tertiary/aromatic N) is 1. The summed E-state index contributed by atoms with van der Waals surface area (Å²) in [6, 6.07) is 3.14. The van der Waals surface area contributed by atoms with E-state index in [0.717, 1.165) is 25.9 Å². The van der Waals surface area contributed by atoms with Gasteiger partial charge in [-0.3, -0.25) is 4.79 Å². The Morgan fingerprint density at radius 3 is 2.90 bits per heavy atom. The van der Waals surface area contributed by atoms with E-state index in [0.29, 0.717) is 18.3 Å². The lowest BCUT2D eigenvalue weighted by atomic mass is 9.84. The van der Waals surface area contributed by atoms with Gasteiger partial charge in [-0.1, -0.05) is 6.92 Å². The quantitative estimate of drug-likeness (QED) is 0.796. The van der Waals surface area contributed by atoms with Gasteiger partial charge in [0.25, 0.3) is 0 Å². The van der Waals surface area contributed by atoms with Crippen molar-refractivity contribution in [1.82, 2.24) is 10.3 Å². The van der Waals surface area contributed by atoms with Crippen molar-refractivity contribution in [2.75, 3.05) is 18.4 Å². The third-order valence-corrected chi connectivity index (χ3v) is 3.74. The van der Waals surface area contributed by atoms with Gasteiger partial charge in [-0.05, 0) is 49.9 Å². The molecule has 0 spiro atoms. The molecule has 112 valence electrons. The number of halogens is 1. The van der Waals surface area contributed by atoms with Gasteiger partial charge in [-0.25, -0.2) is 4.98 Å². The molecular formula is C14H22ClN3O2. The number of amides is 1. The molecule has 1 fully saturated rings. The van der Waals surface area contributed by atoms with Crippen LogP contribution in [0.3, 0.4) is 0 Å². The van der Waals surface area contributed by atoms with E-state index in [1.165, 1.54) is 6.07 Å². The Morgan fingerprint density at radius 2 is 2.25 bits per heavy atom. The molecule has 1 aromatic heterocycles. The van der Waals surface area contributed by atoms with Crippen LogP contribution in [0.1, 0.15) is 26.2 Å². The lowest BCUT2D eigenvalue weighted by molar-refractivity contribution is -0.117. The number of aromatic hydroxyl groups is 1. The Labute approximate surface area is 125 Å². The summed E-state index contributed by atoms with van der Waals surface area (Å²) in [6.07, 6.45) is 4.28. The first-order valence-corrected chi connectivity index (χ1v) is 6.81. The topological polar surface area (TPSA) is 74.2 Å². The highest BCUT2D eigenvalue weighted by atomic mass is 35.5. The Hall–Kier alpha value is -1.33. The Bertz CT molecular complexity index is 436. The van der Waals surface area contributed by atoms with Crippen LogP contribution < -0.4 is 10.6 Å². The number of pyridine rings is 1. The van der Waals surface area contributed by atoms with Crippen LogP contribution in [0.2, 0.25) is 0 Å². The summed E-state index contributed by atoms with van der Waals surface area (Å²) in [5, 5.41) is 15.5. The van der Waals surface area contributed by atoms with Crippen LogP contribution in [0.15, 0.2) is 18.3 Å². The van der Waals surface area contributed by atoms with Gasteiger partial charge in [0.2, 0.25) is 5.91 Å². The van der Waals surface area contributed by atoms with Crippen molar-refractivity contribution in [2.45, 2.75) is 26.2 Å². The number of anilines is 1. The third-order valence-electron chi connectivity index (χ3n) is 3.74. The number of hydrogen-bond donors (Lipinski definition) is 3. The number of aromatic nitrogens is 1. The highest BCUT2D eigenvalue weighted by Crippen LogP contribution is 2.25. The normalized spacial score (nSPS) is 17.1. The van der Waals surface area contributed by atoms with Crippen molar-refractivity contribution < 1.29 is 9.90 Å². The molecule has 1 aromatic rings. The van der Waals surface area contributed by atoms with Gasteiger partial charge in [0, 0.05) is 12.6 Å². The second kappa shape index (κ2) is 8.07. The summed E-state index contributed by atoms with van der Waals surface area (Å²) in [5.74, 6) is 1.12. The lowest BCUT2D eigenvalue weighted by Gasteiger charge is -2.27. The number of nitrogens with one attached hydrogen (secondary N) is 2. The van der Waals surface area contributed by atoms with E-state index in [9.17, 15) is 9.90 Å². The minimum atomic E-state index is -0.0833. The number of carbonyl (C=O) groups is 1. The first-order chi connectivity index (χ1) is 9.16. The molecule has 1 aliphatic heterocycles. The summed E-state index contributed by atoms with van der Waals surface area (Å²) in [6.45, 7) is 4.20. The summed E-state index contributed by atoms with van der Waals surface area (Å²) < 4.78 is 0. The molecule has 1 aliphatic rings. The minimum Gasteiger partial charge on any atom is -0.504 e. The summed E-state index contributed by atoms with van der Waals surface area (Å²) >= 11 is 0. The van der Waals surface area contributed by atoms with E-state index in [4.69, 9.17) is 0 Å². The van der Waals surface area contributed by atoms with Gasteiger partial charge in [0.05, 0.1) is 0 Å². The molecule has 1 amide bonds. The van der Waals surface area contributed by atoms with Gasteiger partial charge in [-0.2, -0.15) is 0 Å². The Morgan fingerprint density at radius 1 is 1.55 bits per heavy atom. The van der Waals surface area contributed by atoms with E-state index in [1.807, 2.05) is 0 Å². The largest absolute Gasteiger partial charge is 0.504 e. The van der Waals surface area contributed by atoms with E-state index in [1.54, 1.807) is 12.3 Å². The van der Waals surface area contributed by atoms with Crippen molar-refractivity contribution in [1.29, 1.82) is 0 Å². The molecule has 0 saturated carbocycles. The minimum absolute atomic E-state index is 0. The highest BCUT2D eigenvalue weighted by molar-refractivity contribution is 5.91. The average Bonchev–Trinajstić information content (AvgIpc) is 2.42. The zero-order chi connectivity index (χ0) is 13.7. The van der Waals surface area contributed by atoms with E-state index >= 15 is 0 Å². The zero-order valence-corrected chi connectivity index (χ0v) is 12.4. The van der Waals surface area contributed by atoms with Gasteiger partial charge >= 0.3 is 0 Å². The highest BCUT2D eigenvalue weighted by Gasteiger charge is 2.22. The molecule has 0 radical (unpaired) electrons. The summed E-state index contributed by atoms with van der Waals surface area (Å²) in [7, 11) is 0. The first kappa shape index (κ1) is 16.7. The predicted octanol–water partition coefficient (Wildman–Crippen LogP) is 2.17. The number of carbonyl (C=O) groups excluding carboxylic acids is 1. The van der Waals surface area contributed by atoms with Crippen LogP contribution in [0.25, 0.3) is 0 Å². The molecule has 0 aromatic carbocycles. The second-order valence-corrected chi connectivity index (χ2v) is 5.19. The molecular weight excluding hydrogens is 278 g/mol. The lowest BCUT2D eigenvalue weighted by Crippen LogP contribution is -2.32. The molecule has 2 rings (SSSR count).